The number of benzene rings is 1. The second-order valence-electron chi connectivity index (χ2n) is 6.59. The molecule has 1 aromatic heterocycles. The number of ketones is 2. The zero-order valence-electron chi connectivity index (χ0n) is 14.6. The van der Waals surface area contributed by atoms with Crippen molar-refractivity contribution in [1.29, 1.82) is 0 Å². The van der Waals surface area contributed by atoms with E-state index in [4.69, 9.17) is 0 Å². The molecule has 142 valence electrons. The highest BCUT2D eigenvalue weighted by atomic mass is 32.1. The highest BCUT2D eigenvalue weighted by Crippen LogP contribution is 2.25. The van der Waals surface area contributed by atoms with E-state index >= 15 is 0 Å². The molecule has 1 aliphatic heterocycles. The smallest absolute Gasteiger partial charge is 0.303 e. The number of nitrogens with zero attached hydrogens (tertiary/aromatic N) is 2. The molecule has 0 aliphatic carbocycles. The lowest BCUT2D eigenvalue weighted by Gasteiger charge is -2.31. The van der Waals surface area contributed by atoms with Gasteiger partial charge in [-0.25, -0.2) is 4.39 Å². The maximum Gasteiger partial charge on any atom is 0.324 e. The molecule has 0 radical (unpaired) electrons. The van der Waals surface area contributed by atoms with Gasteiger partial charge < -0.3 is 4.90 Å². The highest BCUT2D eigenvalue weighted by Gasteiger charge is 2.26. The van der Waals surface area contributed by atoms with Gasteiger partial charge in [0.25, 0.3) is 0 Å². The Bertz CT molecular complexity index is 842. The molecule has 0 N–H and O–H groups in total. The van der Waals surface area contributed by atoms with Gasteiger partial charge in [-0.15, -0.1) is 0 Å². The van der Waals surface area contributed by atoms with E-state index in [9.17, 15) is 24.1 Å². The van der Waals surface area contributed by atoms with E-state index in [2.05, 4.69) is 4.90 Å². The van der Waals surface area contributed by atoms with Gasteiger partial charge in [0.2, 0.25) is 0 Å². The summed E-state index contributed by atoms with van der Waals surface area (Å²) in [5.74, 6) is -0.510. The average Bonchev–Trinajstić information content (AvgIpc) is 3.17. The SMILES string of the molecule is O=C(CCN1CCC(C(=O)c2ccc(F)cc2)CC1)c1csc([N+](=O)[O-])c1. The fourth-order valence-electron chi connectivity index (χ4n) is 3.24. The van der Waals surface area contributed by atoms with Crippen LogP contribution in [0.25, 0.3) is 0 Å². The van der Waals surface area contributed by atoms with Crippen molar-refractivity contribution in [2.24, 2.45) is 5.92 Å². The lowest BCUT2D eigenvalue weighted by atomic mass is 9.89. The predicted molar refractivity (Wildman–Crippen MR) is 99.8 cm³/mol. The summed E-state index contributed by atoms with van der Waals surface area (Å²) in [6, 6.07) is 6.94. The third-order valence-electron chi connectivity index (χ3n) is 4.83. The lowest BCUT2D eigenvalue weighted by molar-refractivity contribution is -0.380. The van der Waals surface area contributed by atoms with Gasteiger partial charge in [0.05, 0.1) is 4.92 Å². The van der Waals surface area contributed by atoms with Gasteiger partial charge in [-0.2, -0.15) is 0 Å². The van der Waals surface area contributed by atoms with Gasteiger partial charge >= 0.3 is 5.00 Å². The van der Waals surface area contributed by atoms with Gasteiger partial charge in [0.1, 0.15) is 5.82 Å². The number of piperidine rings is 1. The molecule has 1 fully saturated rings. The fourth-order valence-corrected chi connectivity index (χ4v) is 3.97. The Balaban J connectivity index is 1.46. The van der Waals surface area contributed by atoms with Crippen LogP contribution in [0.4, 0.5) is 9.39 Å². The van der Waals surface area contributed by atoms with Crippen molar-refractivity contribution in [3.05, 3.63) is 62.8 Å². The van der Waals surface area contributed by atoms with Crippen molar-refractivity contribution in [1.82, 2.24) is 4.90 Å². The summed E-state index contributed by atoms with van der Waals surface area (Å²) in [5.41, 5.74) is 0.914. The Kier molecular flexibility index (Phi) is 6.08. The minimum atomic E-state index is -0.496. The molecule has 0 bridgehead atoms. The monoisotopic (exact) mass is 390 g/mol. The normalized spacial score (nSPS) is 15.6. The largest absolute Gasteiger partial charge is 0.324 e. The Morgan fingerprint density at radius 2 is 1.85 bits per heavy atom. The van der Waals surface area contributed by atoms with Gasteiger partial charge in [-0.3, -0.25) is 19.7 Å². The molecule has 0 saturated carbocycles. The minimum Gasteiger partial charge on any atom is -0.303 e. The van der Waals surface area contributed by atoms with Crippen LogP contribution in [0.15, 0.2) is 35.7 Å². The van der Waals surface area contributed by atoms with Crippen molar-refractivity contribution in [3.8, 4) is 0 Å². The van der Waals surface area contributed by atoms with Gasteiger partial charge in [0.15, 0.2) is 11.6 Å². The molecule has 0 atom stereocenters. The molecule has 2 aromatic rings. The van der Waals surface area contributed by atoms with Crippen LogP contribution in [-0.4, -0.2) is 41.0 Å². The summed E-state index contributed by atoms with van der Waals surface area (Å²) in [5, 5.41) is 12.2. The standard InChI is InChI=1S/C19H19FN2O4S/c20-16-3-1-13(2-4-16)19(24)14-5-8-21(9-6-14)10-7-17(23)15-11-18(22(25)26)27-12-15/h1-4,11-12,14H,5-10H2. The van der Waals surface area contributed by atoms with Crippen LogP contribution < -0.4 is 0 Å². The quantitative estimate of drug-likeness (QED) is 0.406. The van der Waals surface area contributed by atoms with E-state index in [1.807, 2.05) is 0 Å². The van der Waals surface area contributed by atoms with E-state index in [0.29, 0.717) is 50.0 Å². The van der Waals surface area contributed by atoms with Crippen molar-refractivity contribution in [3.63, 3.8) is 0 Å². The number of carbonyl (C=O) groups excluding carboxylic acids is 2. The number of halogens is 1. The van der Waals surface area contributed by atoms with Gasteiger partial charge in [0, 0.05) is 41.5 Å². The van der Waals surface area contributed by atoms with Crippen LogP contribution in [0.2, 0.25) is 0 Å². The number of Topliss-reactive ketones (excluding diaryl/α,β-unsaturated/α-hetero) is 2. The highest BCUT2D eigenvalue weighted by molar-refractivity contribution is 7.13. The molecule has 2 heterocycles. The van der Waals surface area contributed by atoms with E-state index in [1.54, 1.807) is 0 Å². The first-order chi connectivity index (χ1) is 12.9. The topological polar surface area (TPSA) is 80.5 Å². The Hall–Kier alpha value is -2.45. The summed E-state index contributed by atoms with van der Waals surface area (Å²) >= 11 is 0.955. The molecule has 8 heteroatoms. The van der Waals surface area contributed by atoms with Crippen LogP contribution in [0, 0.1) is 21.8 Å². The molecule has 1 aromatic carbocycles. The number of hydrogen-bond donors (Lipinski definition) is 0. The average molecular weight is 390 g/mol. The second-order valence-corrected chi connectivity index (χ2v) is 7.48. The zero-order chi connectivity index (χ0) is 19.4. The number of hydrogen-bond acceptors (Lipinski definition) is 6. The third-order valence-corrected chi connectivity index (χ3v) is 5.71. The number of carbonyl (C=O) groups is 2. The fraction of sp³-hybridized carbons (Fsp3) is 0.368. The predicted octanol–water partition coefficient (Wildman–Crippen LogP) is 3.96. The Morgan fingerprint density at radius 1 is 1.19 bits per heavy atom. The minimum absolute atomic E-state index is 0.0292. The number of rotatable bonds is 7. The molecule has 6 nitrogen and oxygen atoms in total. The molecule has 0 unspecified atom stereocenters. The van der Waals surface area contributed by atoms with Gasteiger partial charge in [-0.05, 0) is 50.2 Å². The molecule has 1 saturated heterocycles. The zero-order valence-corrected chi connectivity index (χ0v) is 15.4. The van der Waals surface area contributed by atoms with Crippen LogP contribution in [0.3, 0.4) is 0 Å². The van der Waals surface area contributed by atoms with Crippen molar-refractivity contribution >= 4 is 27.9 Å². The maximum absolute atomic E-state index is 13.0. The first kappa shape index (κ1) is 19.3. The molecule has 0 spiro atoms. The molecule has 27 heavy (non-hydrogen) atoms. The van der Waals surface area contributed by atoms with Crippen molar-refractivity contribution < 1.29 is 18.9 Å². The lowest BCUT2D eigenvalue weighted by Crippen LogP contribution is -2.37. The summed E-state index contributed by atoms with van der Waals surface area (Å²) in [6.45, 7) is 2.00. The number of nitro groups is 1. The molecule has 1 aliphatic rings. The van der Waals surface area contributed by atoms with Crippen LogP contribution in [0.5, 0.6) is 0 Å². The van der Waals surface area contributed by atoms with Crippen LogP contribution in [0.1, 0.15) is 40.0 Å². The third kappa shape index (κ3) is 4.84. The van der Waals surface area contributed by atoms with Gasteiger partial charge in [-0.1, -0.05) is 11.3 Å². The van der Waals surface area contributed by atoms with Crippen LogP contribution >= 0.6 is 11.3 Å². The first-order valence-electron chi connectivity index (χ1n) is 8.72. The van der Waals surface area contributed by atoms with E-state index in [0.717, 1.165) is 11.3 Å². The summed E-state index contributed by atoms with van der Waals surface area (Å²) in [6.07, 6.45) is 1.70. The maximum atomic E-state index is 13.0. The Morgan fingerprint density at radius 3 is 2.44 bits per heavy atom. The summed E-state index contributed by atoms with van der Waals surface area (Å²) < 4.78 is 13.0. The number of thiophene rings is 1. The van der Waals surface area contributed by atoms with Crippen LogP contribution in [-0.2, 0) is 0 Å². The van der Waals surface area contributed by atoms with Crippen molar-refractivity contribution in [2.75, 3.05) is 19.6 Å². The first-order valence-corrected chi connectivity index (χ1v) is 9.60. The second kappa shape index (κ2) is 8.49. The summed E-state index contributed by atoms with van der Waals surface area (Å²) in [4.78, 5) is 37.0. The van der Waals surface area contributed by atoms with E-state index in [1.165, 1.54) is 35.7 Å². The molecule has 3 rings (SSSR count). The molecular weight excluding hydrogens is 371 g/mol. The summed E-state index contributed by atoms with van der Waals surface area (Å²) in [7, 11) is 0. The molecular formula is C19H19FN2O4S. The molecule has 0 amide bonds. The van der Waals surface area contributed by atoms with E-state index in [-0.39, 0.29) is 28.3 Å². The Labute approximate surface area is 159 Å². The van der Waals surface area contributed by atoms with E-state index < -0.39 is 4.92 Å². The van der Waals surface area contributed by atoms with Crippen molar-refractivity contribution in [2.45, 2.75) is 19.3 Å². The number of likely N-dealkylation sites (tertiary alicyclic amines) is 1.